The summed E-state index contributed by atoms with van der Waals surface area (Å²) in [6.45, 7) is 0. The van der Waals surface area contributed by atoms with Gasteiger partial charge in [0.1, 0.15) is 11.2 Å². The molecule has 8 nitrogen and oxygen atoms in total. The lowest BCUT2D eigenvalue weighted by Gasteiger charge is -2.47. The van der Waals surface area contributed by atoms with Crippen LogP contribution >= 0.6 is 0 Å². The Morgan fingerprint density at radius 3 is 2.63 bits per heavy atom. The predicted molar refractivity (Wildman–Crippen MR) is 121 cm³/mol. The third kappa shape index (κ3) is 3.65. The van der Waals surface area contributed by atoms with Crippen LogP contribution in [0.1, 0.15) is 31.2 Å². The lowest BCUT2D eigenvalue weighted by molar-refractivity contribution is -0.148. The number of nitrogens with zero attached hydrogens (tertiary/aromatic N) is 4. The van der Waals surface area contributed by atoms with Gasteiger partial charge < -0.3 is 15.4 Å². The zero-order valence-corrected chi connectivity index (χ0v) is 18.4. The van der Waals surface area contributed by atoms with E-state index in [2.05, 4.69) is 30.2 Å². The van der Waals surface area contributed by atoms with Gasteiger partial charge in [0.05, 0.1) is 17.0 Å². The summed E-state index contributed by atoms with van der Waals surface area (Å²) in [6.07, 6.45) is 3.07. The highest BCUT2D eigenvalue weighted by molar-refractivity contribution is 5.94. The first-order valence-corrected chi connectivity index (χ1v) is 11.5. The molecule has 7 rings (SSSR count). The number of carbonyl (C=O) groups is 1. The lowest BCUT2D eigenvalue weighted by Crippen LogP contribution is -2.51. The number of H-pyrrole nitrogens is 1. The van der Waals surface area contributed by atoms with Crippen molar-refractivity contribution in [1.29, 1.82) is 0 Å². The summed E-state index contributed by atoms with van der Waals surface area (Å²) in [5.41, 5.74) is 0.771. The molecule has 35 heavy (non-hydrogen) atoms. The third-order valence-electron chi connectivity index (χ3n) is 7.36. The van der Waals surface area contributed by atoms with E-state index < -0.39 is 23.6 Å². The van der Waals surface area contributed by atoms with Gasteiger partial charge in [0.15, 0.2) is 11.6 Å². The number of alkyl halides is 3. The summed E-state index contributed by atoms with van der Waals surface area (Å²) in [5.74, 6) is -0.477. The molecule has 0 radical (unpaired) electrons. The molecule has 0 spiro atoms. The zero-order chi connectivity index (χ0) is 24.3. The van der Waals surface area contributed by atoms with Crippen molar-refractivity contribution >= 4 is 33.9 Å². The Kier molecular flexibility index (Phi) is 4.90. The molecule has 3 N–H and O–H groups in total. The number of rotatable bonds is 4. The van der Waals surface area contributed by atoms with Crippen molar-refractivity contribution in [3.8, 4) is 11.4 Å². The number of hydrogen-bond donors (Lipinski definition) is 3. The minimum absolute atomic E-state index is 0.107. The van der Waals surface area contributed by atoms with Crippen molar-refractivity contribution in [3.05, 3.63) is 42.4 Å². The zero-order valence-electron chi connectivity index (χ0n) is 18.4. The predicted octanol–water partition coefficient (Wildman–Crippen LogP) is 4.89. The Bertz CT molecular complexity index is 1440. The molecule has 3 aliphatic rings. The van der Waals surface area contributed by atoms with Gasteiger partial charge >= 0.3 is 12.1 Å². The quantitative estimate of drug-likeness (QED) is 0.379. The fourth-order valence-electron chi connectivity index (χ4n) is 5.70. The van der Waals surface area contributed by atoms with E-state index in [1.165, 1.54) is 6.20 Å². The maximum Gasteiger partial charge on any atom is 0.417 e. The first kappa shape index (κ1) is 21.8. The average molecular weight is 482 g/mol. The molecule has 4 heterocycles. The van der Waals surface area contributed by atoms with Crippen LogP contribution in [0.2, 0.25) is 0 Å². The van der Waals surface area contributed by atoms with E-state index >= 15 is 0 Å². The maximum atomic E-state index is 13.3. The van der Waals surface area contributed by atoms with E-state index in [0.29, 0.717) is 22.4 Å². The number of pyridine rings is 2. The first-order valence-electron chi connectivity index (χ1n) is 11.5. The highest BCUT2D eigenvalue weighted by atomic mass is 19.4. The monoisotopic (exact) mass is 482 g/mol. The molecule has 3 aliphatic carbocycles. The number of carboxylic acids is 1. The fraction of sp³-hybridized carbons (Fsp3) is 0.375. The molecule has 0 unspecified atom stereocenters. The number of anilines is 1. The number of aromatic nitrogens is 5. The van der Waals surface area contributed by atoms with Crippen molar-refractivity contribution in [1.82, 2.24) is 24.9 Å². The Balaban J connectivity index is 1.47. The molecule has 4 aromatic heterocycles. The molecule has 0 saturated heterocycles. The van der Waals surface area contributed by atoms with Crippen LogP contribution in [-0.4, -0.2) is 42.0 Å². The molecule has 0 amide bonds. The molecule has 180 valence electrons. The molecule has 4 aromatic rings. The van der Waals surface area contributed by atoms with Crippen molar-refractivity contribution in [2.45, 2.75) is 37.9 Å². The largest absolute Gasteiger partial charge is 0.481 e. The van der Waals surface area contributed by atoms with E-state index in [9.17, 15) is 23.1 Å². The highest BCUT2D eigenvalue weighted by Gasteiger charge is 2.47. The molecular formula is C24H21F3N6O2. The standard InChI is InChI=1S/C24H21F3N6O2/c25-24(26,27)13-8-14-15(10-30-20(14)29-9-13)21-31-16-2-1-7-28-19(16)22(33-21)32-18-12-5-3-11(4-6-12)17(18)23(34)35/h1-2,7-12,17-18H,3-6H2,(H,29,30)(H,34,35)(H,31,32,33)/t11?,12?,17-,18-/m0/s1. The van der Waals surface area contributed by atoms with Gasteiger partial charge in [0.25, 0.3) is 0 Å². The second kappa shape index (κ2) is 7.89. The molecule has 2 bridgehead atoms. The number of fused-ring (bicyclic) bond motifs is 5. The number of nitrogens with one attached hydrogen (secondary N) is 2. The minimum Gasteiger partial charge on any atom is -0.481 e. The fourth-order valence-corrected chi connectivity index (χ4v) is 5.70. The number of aromatic amines is 1. The average Bonchev–Trinajstić information content (AvgIpc) is 3.27. The van der Waals surface area contributed by atoms with Crippen LogP contribution in [0.3, 0.4) is 0 Å². The first-order chi connectivity index (χ1) is 16.8. The van der Waals surface area contributed by atoms with Gasteiger partial charge in [-0.1, -0.05) is 0 Å². The highest BCUT2D eigenvalue weighted by Crippen LogP contribution is 2.46. The van der Waals surface area contributed by atoms with E-state index in [0.717, 1.165) is 37.9 Å². The second-order valence-electron chi connectivity index (χ2n) is 9.30. The van der Waals surface area contributed by atoms with Gasteiger partial charge in [-0.3, -0.25) is 9.78 Å². The van der Waals surface area contributed by atoms with Gasteiger partial charge in [-0.2, -0.15) is 13.2 Å². The number of halogens is 3. The van der Waals surface area contributed by atoms with Crippen molar-refractivity contribution in [2.75, 3.05) is 5.32 Å². The molecule has 0 aliphatic heterocycles. The Hall–Kier alpha value is -3.76. The molecular weight excluding hydrogens is 461 g/mol. The Morgan fingerprint density at radius 1 is 1.11 bits per heavy atom. The lowest BCUT2D eigenvalue weighted by atomic mass is 9.61. The van der Waals surface area contributed by atoms with Gasteiger partial charge in [-0.25, -0.2) is 15.0 Å². The van der Waals surface area contributed by atoms with E-state index in [1.807, 2.05) is 0 Å². The summed E-state index contributed by atoms with van der Waals surface area (Å²) < 4.78 is 40.0. The van der Waals surface area contributed by atoms with E-state index in [1.54, 1.807) is 18.3 Å². The molecule has 11 heteroatoms. The van der Waals surface area contributed by atoms with Crippen molar-refractivity contribution < 1.29 is 23.1 Å². The summed E-state index contributed by atoms with van der Waals surface area (Å²) in [7, 11) is 0. The van der Waals surface area contributed by atoms with E-state index in [-0.39, 0.29) is 34.7 Å². The number of aliphatic carboxylic acids is 1. The van der Waals surface area contributed by atoms with Crippen molar-refractivity contribution in [2.24, 2.45) is 17.8 Å². The van der Waals surface area contributed by atoms with Crippen molar-refractivity contribution in [3.63, 3.8) is 0 Å². The summed E-state index contributed by atoms with van der Waals surface area (Å²) >= 11 is 0. The molecule has 2 atom stereocenters. The molecule has 0 aromatic carbocycles. The SMILES string of the molecule is O=C(O)[C@H]1C2CCC(CC2)[C@@H]1Nc1nc(-c2c[nH]c3ncc(C(F)(F)F)cc23)nc2cccnc12. The van der Waals surface area contributed by atoms with Gasteiger partial charge in [-0.15, -0.1) is 0 Å². The molecule has 3 saturated carbocycles. The van der Waals surface area contributed by atoms with Crippen LogP contribution in [0, 0.1) is 17.8 Å². The smallest absolute Gasteiger partial charge is 0.417 e. The van der Waals surface area contributed by atoms with Gasteiger partial charge in [0.2, 0.25) is 0 Å². The number of carboxylic acid groups (broad SMARTS) is 1. The number of hydrogen-bond acceptors (Lipinski definition) is 6. The second-order valence-corrected chi connectivity index (χ2v) is 9.30. The van der Waals surface area contributed by atoms with Crippen LogP contribution in [0.25, 0.3) is 33.5 Å². The third-order valence-corrected chi connectivity index (χ3v) is 7.36. The minimum atomic E-state index is -4.54. The van der Waals surface area contributed by atoms with Gasteiger partial charge in [0, 0.05) is 35.6 Å². The summed E-state index contributed by atoms with van der Waals surface area (Å²) in [5, 5.41) is 13.6. The van der Waals surface area contributed by atoms with Crippen LogP contribution in [0.15, 0.2) is 36.8 Å². The maximum absolute atomic E-state index is 13.3. The van der Waals surface area contributed by atoms with Gasteiger partial charge in [-0.05, 0) is 55.7 Å². The summed E-state index contributed by atoms with van der Waals surface area (Å²) in [4.78, 5) is 32.5. The topological polar surface area (TPSA) is 117 Å². The van der Waals surface area contributed by atoms with Crippen LogP contribution in [0.5, 0.6) is 0 Å². The Labute approximate surface area is 197 Å². The van der Waals surface area contributed by atoms with Crippen LogP contribution in [0.4, 0.5) is 19.0 Å². The van der Waals surface area contributed by atoms with E-state index in [4.69, 9.17) is 0 Å². The van der Waals surface area contributed by atoms with Crippen LogP contribution < -0.4 is 5.32 Å². The normalized spacial score (nSPS) is 24.2. The summed E-state index contributed by atoms with van der Waals surface area (Å²) in [6, 6.07) is 4.17. The Morgan fingerprint density at radius 2 is 1.89 bits per heavy atom. The molecule has 3 fully saturated rings. The van der Waals surface area contributed by atoms with Crippen LogP contribution in [-0.2, 0) is 11.0 Å².